The van der Waals surface area contributed by atoms with E-state index >= 15 is 0 Å². The molecule has 0 aromatic heterocycles. The van der Waals surface area contributed by atoms with Gasteiger partial charge < -0.3 is 23.8 Å². The Hall–Kier alpha value is -2.74. The third-order valence-electron chi connectivity index (χ3n) is 5.52. The van der Waals surface area contributed by atoms with Crippen LogP contribution in [0.3, 0.4) is 0 Å². The Balaban J connectivity index is 1.41. The van der Waals surface area contributed by atoms with Gasteiger partial charge in [-0.3, -0.25) is 0 Å². The number of hydrogen-bond acceptors (Lipinski definition) is 5. The van der Waals surface area contributed by atoms with Crippen LogP contribution in [0.15, 0.2) is 60.7 Å². The molecule has 2 heterocycles. The molecule has 6 nitrogen and oxygen atoms in total. The van der Waals surface area contributed by atoms with E-state index in [2.05, 4.69) is 10.9 Å². The van der Waals surface area contributed by atoms with Gasteiger partial charge in [0, 0.05) is 0 Å². The summed E-state index contributed by atoms with van der Waals surface area (Å²) in [4.78, 5) is 3.54. The molecule has 2 aromatic rings. The highest BCUT2D eigenvalue weighted by Crippen LogP contribution is 2.36. The number of hydrogen-bond donors (Lipinski definition) is 0. The number of nitrogens with zero attached hydrogens (tertiary/aromatic N) is 2. The van der Waals surface area contributed by atoms with Crippen LogP contribution < -0.4 is 0 Å². The summed E-state index contributed by atoms with van der Waals surface area (Å²) in [7, 11) is 0. The monoisotopic (exact) mass is 404 g/mol. The van der Waals surface area contributed by atoms with Crippen LogP contribution in [0.25, 0.3) is 4.85 Å². The summed E-state index contributed by atoms with van der Waals surface area (Å²) in [6.45, 7) is 8.30. The predicted molar refractivity (Wildman–Crippen MR) is 109 cm³/mol. The van der Waals surface area contributed by atoms with Crippen molar-refractivity contribution in [1.82, 2.24) is 0 Å². The summed E-state index contributed by atoms with van der Waals surface area (Å²) in [6, 6.07) is 21.7. The molecule has 0 saturated carbocycles. The van der Waals surface area contributed by atoms with Gasteiger partial charge in [-0.2, -0.15) is 5.26 Å². The van der Waals surface area contributed by atoms with E-state index in [9.17, 15) is 5.26 Å². The molecular formula is C24H24N2O4. The normalized spacial score (nSPS) is 27.0. The zero-order chi connectivity index (χ0) is 20.8. The zero-order valence-electron chi connectivity index (χ0n) is 16.6. The Labute approximate surface area is 176 Å². The van der Waals surface area contributed by atoms with Gasteiger partial charge in [-0.1, -0.05) is 60.7 Å². The molecule has 0 bridgehead atoms. The third kappa shape index (κ3) is 4.53. The Morgan fingerprint density at radius 3 is 1.90 bits per heavy atom. The second kappa shape index (κ2) is 9.84. The molecule has 0 N–H and O–H groups in total. The molecule has 2 fully saturated rings. The number of nitriles is 1. The van der Waals surface area contributed by atoms with E-state index in [4.69, 9.17) is 25.5 Å². The molecule has 2 aromatic carbocycles. The first kappa shape index (κ1) is 20.5. The van der Waals surface area contributed by atoms with Crippen LogP contribution in [0.2, 0.25) is 0 Å². The maximum Gasteiger partial charge on any atom is 0.244 e. The van der Waals surface area contributed by atoms with E-state index in [0.29, 0.717) is 13.2 Å². The predicted octanol–water partition coefficient (Wildman–Crippen LogP) is 3.87. The summed E-state index contributed by atoms with van der Waals surface area (Å²) in [5.41, 5.74) is 1.94. The van der Waals surface area contributed by atoms with Crippen LogP contribution in [0.4, 0.5) is 0 Å². The standard InChI is InChI=1S/C24H24N2O4/c1-26-14-20(18-10-6-3-7-11-18)30-22-16-28-23-21(15-27-24(22)23)29-19(12-13-25)17-8-4-2-5-9-17/h2-11,19-24H,12,14-16H2/t19?,20?,21-,22-,23?,24?/m0/s1. The van der Waals surface area contributed by atoms with E-state index in [1.807, 2.05) is 60.7 Å². The molecule has 2 saturated heterocycles. The number of fused-ring (bicyclic) bond motifs is 1. The first-order chi connectivity index (χ1) is 14.8. The topological polar surface area (TPSA) is 65.1 Å². The van der Waals surface area contributed by atoms with Gasteiger partial charge in [0.2, 0.25) is 6.54 Å². The number of benzene rings is 2. The summed E-state index contributed by atoms with van der Waals surface area (Å²) in [6.07, 6.45) is -1.41. The number of ether oxygens (including phenoxy) is 4. The van der Waals surface area contributed by atoms with Crippen molar-refractivity contribution in [2.75, 3.05) is 19.8 Å². The van der Waals surface area contributed by atoms with E-state index in [-0.39, 0.29) is 49.6 Å². The molecule has 154 valence electrons. The maximum atomic E-state index is 9.22. The summed E-state index contributed by atoms with van der Waals surface area (Å²) in [5.74, 6) is 0. The second-order valence-corrected chi connectivity index (χ2v) is 7.45. The van der Waals surface area contributed by atoms with Crippen molar-refractivity contribution in [3.05, 3.63) is 83.2 Å². The highest BCUT2D eigenvalue weighted by Gasteiger charge is 2.50. The van der Waals surface area contributed by atoms with Gasteiger partial charge in [-0.25, -0.2) is 6.57 Å². The molecule has 4 unspecified atom stereocenters. The smallest absolute Gasteiger partial charge is 0.244 e. The summed E-state index contributed by atoms with van der Waals surface area (Å²) < 4.78 is 24.5. The quantitative estimate of drug-likeness (QED) is 0.625. The number of rotatable bonds is 8. The zero-order valence-corrected chi connectivity index (χ0v) is 16.6. The van der Waals surface area contributed by atoms with Crippen molar-refractivity contribution >= 4 is 0 Å². The molecule has 0 spiro atoms. The Morgan fingerprint density at radius 1 is 0.900 bits per heavy atom. The van der Waals surface area contributed by atoms with Crippen LogP contribution in [0.1, 0.15) is 29.8 Å². The van der Waals surface area contributed by atoms with Gasteiger partial charge in [0.05, 0.1) is 31.8 Å². The van der Waals surface area contributed by atoms with E-state index in [1.165, 1.54) is 0 Å². The van der Waals surface area contributed by atoms with Crippen LogP contribution in [-0.2, 0) is 18.9 Å². The van der Waals surface area contributed by atoms with Gasteiger partial charge >= 0.3 is 0 Å². The first-order valence-electron chi connectivity index (χ1n) is 10.1. The van der Waals surface area contributed by atoms with Crippen molar-refractivity contribution < 1.29 is 18.9 Å². The largest absolute Gasteiger partial charge is 0.370 e. The van der Waals surface area contributed by atoms with Crippen molar-refractivity contribution in [2.45, 2.75) is 43.0 Å². The van der Waals surface area contributed by atoms with Gasteiger partial charge in [0.15, 0.2) is 6.10 Å². The molecule has 6 atom stereocenters. The fraction of sp³-hybridized carbons (Fsp3) is 0.417. The molecule has 0 aliphatic carbocycles. The lowest BCUT2D eigenvalue weighted by Gasteiger charge is -2.23. The summed E-state index contributed by atoms with van der Waals surface area (Å²) in [5, 5.41) is 9.22. The fourth-order valence-electron chi connectivity index (χ4n) is 4.06. The second-order valence-electron chi connectivity index (χ2n) is 7.45. The van der Waals surface area contributed by atoms with E-state index in [1.54, 1.807) is 0 Å². The first-order valence-corrected chi connectivity index (χ1v) is 10.1. The average molecular weight is 404 g/mol. The van der Waals surface area contributed by atoms with Crippen LogP contribution in [0, 0.1) is 17.9 Å². The molecular weight excluding hydrogens is 380 g/mol. The lowest BCUT2D eigenvalue weighted by atomic mass is 10.1. The van der Waals surface area contributed by atoms with Crippen molar-refractivity contribution in [3.8, 4) is 6.07 Å². The highest BCUT2D eigenvalue weighted by molar-refractivity contribution is 5.20. The maximum absolute atomic E-state index is 9.22. The van der Waals surface area contributed by atoms with Gasteiger partial charge in [0.1, 0.15) is 24.4 Å². The lowest BCUT2D eigenvalue weighted by molar-refractivity contribution is -0.0851. The average Bonchev–Trinajstić information content (AvgIpc) is 3.37. The molecule has 4 rings (SSSR count). The minimum Gasteiger partial charge on any atom is -0.370 e. The fourth-order valence-corrected chi connectivity index (χ4v) is 4.06. The van der Waals surface area contributed by atoms with Gasteiger partial charge in [0.25, 0.3) is 0 Å². The SMILES string of the molecule is [C-]#[N+]CC(O[C@H]1COC2C1OC[C@@H]2OC(CC#N)c1ccccc1)c1ccccc1. The van der Waals surface area contributed by atoms with Crippen molar-refractivity contribution in [3.63, 3.8) is 0 Å². The lowest BCUT2D eigenvalue weighted by Crippen LogP contribution is -2.35. The minimum absolute atomic E-state index is 0.245. The third-order valence-corrected chi connectivity index (χ3v) is 5.52. The molecule has 6 heteroatoms. The highest BCUT2D eigenvalue weighted by atomic mass is 16.6. The van der Waals surface area contributed by atoms with Crippen LogP contribution in [-0.4, -0.2) is 44.2 Å². The van der Waals surface area contributed by atoms with Crippen LogP contribution in [0.5, 0.6) is 0 Å². The van der Waals surface area contributed by atoms with Crippen LogP contribution >= 0.6 is 0 Å². The molecule has 2 aliphatic heterocycles. The van der Waals surface area contributed by atoms with E-state index in [0.717, 1.165) is 11.1 Å². The van der Waals surface area contributed by atoms with Crippen molar-refractivity contribution in [1.29, 1.82) is 5.26 Å². The summed E-state index contributed by atoms with van der Waals surface area (Å²) >= 11 is 0. The van der Waals surface area contributed by atoms with Gasteiger partial charge in [-0.15, -0.1) is 0 Å². The Morgan fingerprint density at radius 2 is 1.40 bits per heavy atom. The Bertz CT molecular complexity index is 817. The van der Waals surface area contributed by atoms with Crippen molar-refractivity contribution in [2.24, 2.45) is 0 Å². The molecule has 2 aliphatic rings. The molecule has 30 heavy (non-hydrogen) atoms. The minimum atomic E-state index is -0.327. The molecule has 0 radical (unpaired) electrons. The van der Waals surface area contributed by atoms with E-state index < -0.39 is 0 Å². The molecule has 0 amide bonds. The van der Waals surface area contributed by atoms with Gasteiger partial charge in [-0.05, 0) is 11.1 Å². The Kier molecular flexibility index (Phi) is 6.74.